The Bertz CT molecular complexity index is 1020. The molecule has 0 fully saturated rings. The monoisotopic (exact) mass is 390 g/mol. The molecule has 1 atom stereocenters. The average Bonchev–Trinajstić information content (AvgIpc) is 2.74. The minimum atomic E-state index is -0.324. The first-order valence-corrected chi connectivity index (χ1v) is 9.37. The van der Waals surface area contributed by atoms with Gasteiger partial charge in [0.15, 0.2) is 0 Å². The lowest BCUT2D eigenvalue weighted by molar-refractivity contribution is -0.141. The van der Waals surface area contributed by atoms with Crippen molar-refractivity contribution < 1.29 is 9.53 Å². The lowest BCUT2D eigenvalue weighted by Crippen LogP contribution is -2.42. The van der Waals surface area contributed by atoms with Gasteiger partial charge in [-0.1, -0.05) is 72.3 Å². The van der Waals surface area contributed by atoms with Gasteiger partial charge in [0, 0.05) is 16.1 Å². The molecule has 0 saturated carbocycles. The fourth-order valence-electron chi connectivity index (χ4n) is 3.50. The molecule has 0 aliphatic carbocycles. The van der Waals surface area contributed by atoms with E-state index < -0.39 is 0 Å². The number of rotatable bonds is 4. The number of carbonyl (C=O) groups is 1. The number of ether oxygens (including phenoxy) is 1. The molecule has 1 aliphatic rings. The minimum absolute atomic E-state index is 0.0791. The highest BCUT2D eigenvalue weighted by molar-refractivity contribution is 6.30. The molecule has 4 rings (SSSR count). The fraction of sp³-hybridized carbons (Fsp3) is 0.130. The summed E-state index contributed by atoms with van der Waals surface area (Å²) < 4.78 is 4.97. The van der Waals surface area contributed by atoms with Crippen LogP contribution in [0.1, 0.15) is 22.7 Å². The molecule has 0 radical (unpaired) electrons. The summed E-state index contributed by atoms with van der Waals surface area (Å²) in [5.41, 5.74) is 3.80. The zero-order valence-electron chi connectivity index (χ0n) is 15.4. The number of aliphatic imine (C=N–C) groups is 1. The maximum absolute atomic E-state index is 12.3. The molecule has 0 amide bonds. The van der Waals surface area contributed by atoms with Crippen LogP contribution in [0, 0.1) is 0 Å². The van der Waals surface area contributed by atoms with Crippen LogP contribution in [0.5, 0.6) is 0 Å². The Labute approximate surface area is 169 Å². The minimum Gasteiger partial charge on any atom is -0.468 e. The fourth-order valence-corrected chi connectivity index (χ4v) is 3.68. The lowest BCUT2D eigenvalue weighted by Gasteiger charge is -2.38. The summed E-state index contributed by atoms with van der Waals surface area (Å²) in [7, 11) is 1.40. The van der Waals surface area contributed by atoms with E-state index in [-0.39, 0.29) is 18.6 Å². The first-order chi connectivity index (χ1) is 13.7. The van der Waals surface area contributed by atoms with Crippen LogP contribution in [0.25, 0.3) is 0 Å². The van der Waals surface area contributed by atoms with Crippen LogP contribution in [0.15, 0.2) is 83.9 Å². The zero-order valence-corrected chi connectivity index (χ0v) is 16.1. The van der Waals surface area contributed by atoms with E-state index in [2.05, 4.69) is 0 Å². The van der Waals surface area contributed by atoms with Gasteiger partial charge in [0.1, 0.15) is 12.4 Å². The van der Waals surface area contributed by atoms with Crippen LogP contribution in [-0.2, 0) is 9.53 Å². The Morgan fingerprint density at radius 1 is 1.04 bits per heavy atom. The predicted octanol–water partition coefficient (Wildman–Crippen LogP) is 5.00. The third-order valence-electron chi connectivity index (χ3n) is 4.77. The second kappa shape index (κ2) is 7.87. The molecule has 140 valence electrons. The molecule has 0 aromatic heterocycles. The van der Waals surface area contributed by atoms with E-state index in [1.807, 2.05) is 83.8 Å². The van der Waals surface area contributed by atoms with Crippen molar-refractivity contribution >= 4 is 29.1 Å². The standard InChI is InChI=1S/C23H19ClN2O2/c1-28-21(27)15-26-22(16-8-4-2-5-9-16)19-14-18(24)12-13-20(19)25-23(26)17-10-6-3-7-11-17/h2-14,22H,15H2,1H3/t22-/m1/s1. The molecule has 4 nitrogen and oxygen atoms in total. The first kappa shape index (κ1) is 18.3. The summed E-state index contributed by atoms with van der Waals surface area (Å²) in [6, 6.07) is 25.4. The van der Waals surface area contributed by atoms with Gasteiger partial charge < -0.3 is 9.64 Å². The Kier molecular flexibility index (Phi) is 5.13. The summed E-state index contributed by atoms with van der Waals surface area (Å²) in [6.07, 6.45) is 0. The van der Waals surface area contributed by atoms with Gasteiger partial charge in [-0.05, 0) is 23.8 Å². The van der Waals surface area contributed by atoms with Crippen molar-refractivity contribution in [3.63, 3.8) is 0 Å². The molecule has 5 heteroatoms. The van der Waals surface area contributed by atoms with Gasteiger partial charge >= 0.3 is 5.97 Å². The maximum atomic E-state index is 12.3. The number of esters is 1. The molecule has 0 saturated heterocycles. The molecular formula is C23H19ClN2O2. The average molecular weight is 391 g/mol. The van der Waals surface area contributed by atoms with Crippen LogP contribution in [0.3, 0.4) is 0 Å². The number of nitrogens with zero attached hydrogens (tertiary/aromatic N) is 2. The predicted molar refractivity (Wildman–Crippen MR) is 111 cm³/mol. The molecule has 0 N–H and O–H groups in total. The van der Waals surface area contributed by atoms with Crippen molar-refractivity contribution in [2.75, 3.05) is 13.7 Å². The highest BCUT2D eigenvalue weighted by atomic mass is 35.5. The molecule has 1 aliphatic heterocycles. The van der Waals surface area contributed by atoms with Gasteiger partial charge in [-0.2, -0.15) is 0 Å². The molecule has 3 aromatic carbocycles. The lowest BCUT2D eigenvalue weighted by atomic mass is 9.93. The highest BCUT2D eigenvalue weighted by Gasteiger charge is 2.33. The van der Waals surface area contributed by atoms with E-state index in [0.717, 1.165) is 28.2 Å². The zero-order chi connectivity index (χ0) is 19.5. The van der Waals surface area contributed by atoms with Gasteiger partial charge in [-0.15, -0.1) is 0 Å². The summed E-state index contributed by atoms with van der Waals surface area (Å²) >= 11 is 6.30. The molecule has 28 heavy (non-hydrogen) atoms. The van der Waals surface area contributed by atoms with Gasteiger partial charge in [-0.3, -0.25) is 4.79 Å². The van der Waals surface area contributed by atoms with Crippen LogP contribution in [0.4, 0.5) is 5.69 Å². The third-order valence-corrected chi connectivity index (χ3v) is 5.00. The van der Waals surface area contributed by atoms with Gasteiger partial charge in [-0.25, -0.2) is 4.99 Å². The van der Waals surface area contributed by atoms with Crippen molar-refractivity contribution in [2.45, 2.75) is 6.04 Å². The smallest absolute Gasteiger partial charge is 0.325 e. The van der Waals surface area contributed by atoms with Crippen molar-refractivity contribution in [1.82, 2.24) is 4.90 Å². The van der Waals surface area contributed by atoms with Crippen molar-refractivity contribution in [3.05, 3.63) is 101 Å². The van der Waals surface area contributed by atoms with Crippen LogP contribution < -0.4 is 0 Å². The summed E-state index contributed by atoms with van der Waals surface area (Å²) in [6.45, 7) is 0.0791. The highest BCUT2D eigenvalue weighted by Crippen LogP contribution is 2.41. The molecule has 0 bridgehead atoms. The van der Waals surface area contributed by atoms with Crippen LogP contribution in [-0.4, -0.2) is 30.4 Å². The molecule has 3 aromatic rings. The molecule has 1 heterocycles. The quantitative estimate of drug-likeness (QED) is 0.589. The van der Waals surface area contributed by atoms with E-state index in [1.165, 1.54) is 7.11 Å². The van der Waals surface area contributed by atoms with Crippen LogP contribution >= 0.6 is 11.6 Å². The first-order valence-electron chi connectivity index (χ1n) is 8.99. The Morgan fingerprint density at radius 3 is 2.39 bits per heavy atom. The molecular weight excluding hydrogens is 372 g/mol. The third kappa shape index (κ3) is 3.51. The van der Waals surface area contributed by atoms with E-state index in [0.29, 0.717) is 5.02 Å². The number of methoxy groups -OCH3 is 1. The van der Waals surface area contributed by atoms with Crippen LogP contribution in [0.2, 0.25) is 5.02 Å². The van der Waals surface area contributed by atoms with Crippen molar-refractivity contribution in [3.8, 4) is 0 Å². The second-order valence-electron chi connectivity index (χ2n) is 6.52. The molecule has 0 unspecified atom stereocenters. The summed E-state index contributed by atoms with van der Waals surface area (Å²) in [5, 5.41) is 0.635. The molecule has 0 spiro atoms. The number of fused-ring (bicyclic) bond motifs is 1. The number of amidine groups is 1. The number of hydrogen-bond acceptors (Lipinski definition) is 4. The second-order valence-corrected chi connectivity index (χ2v) is 6.96. The van der Waals surface area contributed by atoms with Crippen molar-refractivity contribution in [1.29, 1.82) is 0 Å². The van der Waals surface area contributed by atoms with Gasteiger partial charge in [0.25, 0.3) is 0 Å². The topological polar surface area (TPSA) is 41.9 Å². The van der Waals surface area contributed by atoms with E-state index in [1.54, 1.807) is 0 Å². The maximum Gasteiger partial charge on any atom is 0.325 e. The Balaban J connectivity index is 1.94. The van der Waals surface area contributed by atoms with E-state index in [4.69, 9.17) is 21.3 Å². The number of hydrogen-bond donors (Lipinski definition) is 0. The number of halogens is 1. The van der Waals surface area contributed by atoms with E-state index >= 15 is 0 Å². The SMILES string of the molecule is COC(=O)CN1C(c2ccccc2)=Nc2ccc(Cl)cc2[C@H]1c1ccccc1. The Hall–Kier alpha value is -3.11. The van der Waals surface area contributed by atoms with Gasteiger partial charge in [0.05, 0.1) is 18.8 Å². The normalized spacial score (nSPS) is 15.6. The van der Waals surface area contributed by atoms with Gasteiger partial charge in [0.2, 0.25) is 0 Å². The number of benzene rings is 3. The largest absolute Gasteiger partial charge is 0.468 e. The van der Waals surface area contributed by atoms with Crippen molar-refractivity contribution in [2.24, 2.45) is 4.99 Å². The van der Waals surface area contributed by atoms with E-state index in [9.17, 15) is 4.79 Å². The summed E-state index contributed by atoms with van der Waals surface area (Å²) in [4.78, 5) is 19.1. The Morgan fingerprint density at radius 2 is 1.71 bits per heavy atom. The summed E-state index contributed by atoms with van der Waals surface area (Å²) in [5.74, 6) is 0.407. The number of carbonyl (C=O) groups excluding carboxylic acids is 1.